The van der Waals surface area contributed by atoms with E-state index in [1.165, 1.54) is 10.5 Å². The van der Waals surface area contributed by atoms with Crippen LogP contribution in [0.4, 0.5) is 0 Å². The van der Waals surface area contributed by atoms with Gasteiger partial charge in [0.05, 0.1) is 11.1 Å². The lowest BCUT2D eigenvalue weighted by molar-refractivity contribution is 0.0721. The molecule has 0 radical (unpaired) electrons. The molecule has 1 heterocycles. The first-order chi connectivity index (χ1) is 9.66. The van der Waals surface area contributed by atoms with Gasteiger partial charge in [-0.25, -0.2) is 4.90 Å². The predicted molar refractivity (Wildman–Crippen MR) is 77.1 cm³/mol. The van der Waals surface area contributed by atoms with E-state index in [9.17, 15) is 9.59 Å². The lowest BCUT2D eigenvalue weighted by Crippen LogP contribution is -2.23. The number of imide groups is 1. The lowest BCUT2D eigenvalue weighted by atomic mass is 9.97. The Kier molecular flexibility index (Phi) is 3.11. The summed E-state index contributed by atoms with van der Waals surface area (Å²) in [6.07, 6.45) is 10.7. The van der Waals surface area contributed by atoms with Gasteiger partial charge in [0.2, 0.25) is 0 Å². The molecule has 1 aliphatic carbocycles. The largest absolute Gasteiger partial charge is 0.268 e. The van der Waals surface area contributed by atoms with Crippen LogP contribution >= 0.6 is 0 Å². The van der Waals surface area contributed by atoms with Gasteiger partial charge in [-0.3, -0.25) is 9.59 Å². The molecule has 0 aromatic heterocycles. The van der Waals surface area contributed by atoms with Crippen LogP contribution in [0, 0.1) is 5.92 Å². The van der Waals surface area contributed by atoms with E-state index in [1.54, 1.807) is 30.5 Å². The summed E-state index contributed by atoms with van der Waals surface area (Å²) in [7, 11) is 0. The van der Waals surface area contributed by atoms with Crippen molar-refractivity contribution >= 4 is 11.8 Å². The fraction of sp³-hybridized carbons (Fsp3) is 0.176. The predicted octanol–water partition coefficient (Wildman–Crippen LogP) is 3.32. The van der Waals surface area contributed by atoms with E-state index >= 15 is 0 Å². The summed E-state index contributed by atoms with van der Waals surface area (Å²) in [4.78, 5) is 25.5. The van der Waals surface area contributed by atoms with Gasteiger partial charge in [-0.2, -0.15) is 0 Å². The minimum Gasteiger partial charge on any atom is -0.268 e. The highest BCUT2D eigenvalue weighted by Gasteiger charge is 2.33. The normalized spacial score (nSPS) is 21.6. The van der Waals surface area contributed by atoms with Crippen molar-refractivity contribution < 1.29 is 9.59 Å². The number of benzene rings is 1. The van der Waals surface area contributed by atoms with Gasteiger partial charge in [0.25, 0.3) is 11.8 Å². The summed E-state index contributed by atoms with van der Waals surface area (Å²) < 4.78 is 0. The molecule has 1 aromatic rings. The van der Waals surface area contributed by atoms with E-state index < -0.39 is 0 Å². The molecule has 3 heteroatoms. The van der Waals surface area contributed by atoms with Gasteiger partial charge < -0.3 is 0 Å². The minimum absolute atomic E-state index is 0.239. The van der Waals surface area contributed by atoms with Crippen LogP contribution in [-0.4, -0.2) is 16.7 Å². The van der Waals surface area contributed by atoms with Gasteiger partial charge in [0, 0.05) is 12.1 Å². The van der Waals surface area contributed by atoms with Gasteiger partial charge >= 0.3 is 0 Å². The molecule has 1 aromatic carbocycles. The number of allylic oxidation sites excluding steroid dienone is 5. The van der Waals surface area contributed by atoms with Gasteiger partial charge in [-0.1, -0.05) is 42.0 Å². The second-order valence-electron chi connectivity index (χ2n) is 5.07. The van der Waals surface area contributed by atoms with Crippen LogP contribution in [0.25, 0.3) is 0 Å². The van der Waals surface area contributed by atoms with Crippen molar-refractivity contribution in [1.82, 2.24) is 4.90 Å². The number of rotatable bonds is 2. The zero-order valence-corrected chi connectivity index (χ0v) is 11.2. The number of nitrogens with zero attached hydrogens (tertiary/aromatic N) is 1. The number of carbonyl (C=O) groups excluding carboxylic acids is 2. The number of hydrogen-bond acceptors (Lipinski definition) is 2. The van der Waals surface area contributed by atoms with Crippen LogP contribution < -0.4 is 0 Å². The highest BCUT2D eigenvalue weighted by molar-refractivity contribution is 6.22. The lowest BCUT2D eigenvalue weighted by Gasteiger charge is -2.12. The molecule has 2 amide bonds. The zero-order chi connectivity index (χ0) is 14.1. The molecular weight excluding hydrogens is 250 g/mol. The summed E-state index contributed by atoms with van der Waals surface area (Å²) in [5.74, 6) is -0.246. The highest BCUT2D eigenvalue weighted by atomic mass is 16.2. The maximum Gasteiger partial charge on any atom is 0.265 e. The van der Waals surface area contributed by atoms with Gasteiger partial charge in [0.1, 0.15) is 0 Å². The fourth-order valence-electron chi connectivity index (χ4n) is 2.43. The quantitative estimate of drug-likeness (QED) is 0.769. The molecule has 0 spiro atoms. The molecule has 3 rings (SSSR count). The van der Waals surface area contributed by atoms with Crippen LogP contribution in [0.3, 0.4) is 0 Å². The molecular formula is C17H15NO2. The SMILES string of the molecule is CC1=CCC(/C=C/N2C(=O)c3ccccc3C2=O)C=C1. The topological polar surface area (TPSA) is 37.4 Å². The van der Waals surface area contributed by atoms with Crippen LogP contribution in [0.5, 0.6) is 0 Å². The molecule has 0 fully saturated rings. The van der Waals surface area contributed by atoms with Crippen molar-refractivity contribution in [3.63, 3.8) is 0 Å². The fourth-order valence-corrected chi connectivity index (χ4v) is 2.43. The monoisotopic (exact) mass is 265 g/mol. The zero-order valence-electron chi connectivity index (χ0n) is 11.2. The molecule has 1 aliphatic heterocycles. The molecule has 0 bridgehead atoms. The second-order valence-corrected chi connectivity index (χ2v) is 5.07. The van der Waals surface area contributed by atoms with Gasteiger partial charge in [0.15, 0.2) is 0 Å². The van der Waals surface area contributed by atoms with Crippen molar-refractivity contribution in [3.05, 3.63) is 71.5 Å². The number of amides is 2. The first-order valence-electron chi connectivity index (χ1n) is 6.67. The Morgan fingerprint density at radius 1 is 1.15 bits per heavy atom. The van der Waals surface area contributed by atoms with E-state index in [0.29, 0.717) is 11.1 Å². The Hall–Kier alpha value is -2.42. The van der Waals surface area contributed by atoms with Crippen LogP contribution in [-0.2, 0) is 0 Å². The van der Waals surface area contributed by atoms with Crippen molar-refractivity contribution in [2.45, 2.75) is 13.3 Å². The Balaban J connectivity index is 1.79. The standard InChI is InChI=1S/C17H15NO2/c1-12-6-8-13(9-7-12)10-11-18-16(19)14-4-2-3-5-15(14)17(18)20/h2-8,10-11,13H,9H2,1H3/b11-10+. The minimum atomic E-state index is -0.242. The van der Waals surface area contributed by atoms with Crippen LogP contribution in [0.1, 0.15) is 34.1 Å². The second kappa shape index (κ2) is 4.93. The third-order valence-corrected chi connectivity index (χ3v) is 3.63. The van der Waals surface area contributed by atoms with Crippen LogP contribution in [0.15, 0.2) is 60.3 Å². The van der Waals surface area contributed by atoms with E-state index in [0.717, 1.165) is 6.42 Å². The smallest absolute Gasteiger partial charge is 0.265 e. The van der Waals surface area contributed by atoms with E-state index in [1.807, 2.05) is 6.08 Å². The third kappa shape index (κ3) is 2.11. The number of fused-ring (bicyclic) bond motifs is 1. The molecule has 0 saturated carbocycles. The molecule has 100 valence electrons. The number of hydrogen-bond donors (Lipinski definition) is 0. The highest BCUT2D eigenvalue weighted by Crippen LogP contribution is 2.24. The Morgan fingerprint density at radius 2 is 1.80 bits per heavy atom. The van der Waals surface area contributed by atoms with Crippen molar-refractivity contribution in [2.24, 2.45) is 5.92 Å². The first-order valence-corrected chi connectivity index (χ1v) is 6.67. The average Bonchev–Trinajstić information content (AvgIpc) is 2.71. The molecule has 1 atom stereocenters. The van der Waals surface area contributed by atoms with Gasteiger partial charge in [-0.15, -0.1) is 0 Å². The Bertz CT molecular complexity index is 632. The Morgan fingerprint density at radius 3 is 2.35 bits per heavy atom. The summed E-state index contributed by atoms with van der Waals surface area (Å²) in [5, 5.41) is 0. The van der Waals surface area contributed by atoms with Crippen molar-refractivity contribution in [2.75, 3.05) is 0 Å². The molecule has 2 aliphatic rings. The first kappa shape index (κ1) is 12.6. The van der Waals surface area contributed by atoms with E-state index in [4.69, 9.17) is 0 Å². The van der Waals surface area contributed by atoms with E-state index in [2.05, 4.69) is 25.2 Å². The maximum absolute atomic E-state index is 12.2. The Labute approximate surface area is 117 Å². The summed E-state index contributed by atoms with van der Waals surface area (Å²) in [6, 6.07) is 6.93. The van der Waals surface area contributed by atoms with Crippen molar-refractivity contribution in [1.29, 1.82) is 0 Å². The van der Waals surface area contributed by atoms with Gasteiger partial charge in [-0.05, 0) is 25.5 Å². The molecule has 1 unspecified atom stereocenters. The summed E-state index contributed by atoms with van der Waals surface area (Å²) >= 11 is 0. The van der Waals surface area contributed by atoms with E-state index in [-0.39, 0.29) is 17.7 Å². The molecule has 0 saturated heterocycles. The van der Waals surface area contributed by atoms with Crippen molar-refractivity contribution in [3.8, 4) is 0 Å². The summed E-state index contributed by atoms with van der Waals surface area (Å²) in [6.45, 7) is 2.06. The maximum atomic E-state index is 12.2. The average molecular weight is 265 g/mol. The molecule has 3 nitrogen and oxygen atoms in total. The number of carbonyl (C=O) groups is 2. The summed E-state index contributed by atoms with van der Waals surface area (Å²) in [5.41, 5.74) is 2.21. The molecule has 0 N–H and O–H groups in total. The molecule has 20 heavy (non-hydrogen) atoms. The van der Waals surface area contributed by atoms with Crippen LogP contribution in [0.2, 0.25) is 0 Å². The third-order valence-electron chi connectivity index (χ3n) is 3.63.